The third-order valence-electron chi connectivity index (χ3n) is 0.796. The first kappa shape index (κ1) is 8.65. The van der Waals surface area contributed by atoms with E-state index in [1.165, 1.54) is 18.6 Å². The van der Waals surface area contributed by atoms with E-state index in [1.54, 1.807) is 0 Å². The Kier molecular flexibility index (Phi) is 3.49. The van der Waals surface area contributed by atoms with Crippen LogP contribution < -0.4 is 0 Å². The van der Waals surface area contributed by atoms with Crippen LogP contribution in [0.4, 0.5) is 0 Å². The Morgan fingerprint density at radius 3 is 2.56 bits per heavy atom. The number of aliphatic hydroxyl groups is 1. The monoisotopic (exact) mass is 170 g/mol. The third kappa shape index (κ3) is 2.15. The molecular weight excluding hydrogens is 164 g/mol. The van der Waals surface area contributed by atoms with Crippen LogP contribution in [0.5, 0.6) is 0 Å². The Morgan fingerprint density at radius 1 is 1.56 bits per heavy atom. The predicted octanol–water partition coefficient (Wildman–Crippen LogP) is -0.451. The Labute approximate surface area is 62.9 Å². The molecule has 9 heavy (non-hydrogen) atoms. The van der Waals surface area contributed by atoms with Gasteiger partial charge in [-0.15, -0.1) is 0 Å². The smallest absolute Gasteiger partial charge is 0.186 e. The van der Waals surface area contributed by atoms with Crippen molar-refractivity contribution < 1.29 is 27.4 Å². The van der Waals surface area contributed by atoms with Crippen LogP contribution in [-0.4, -0.2) is 27.8 Å². The number of hydrogen-bond acceptors (Lipinski definition) is 4. The second-order valence-corrected chi connectivity index (χ2v) is 1.39. The van der Waals surface area contributed by atoms with Gasteiger partial charge in [0.2, 0.25) is 0 Å². The van der Waals surface area contributed by atoms with E-state index in [-0.39, 0.29) is 17.1 Å². The largest absolute Gasteiger partial charge is 0.367 e. The summed E-state index contributed by atoms with van der Waals surface area (Å²) >= 11 is 0. The minimum Gasteiger partial charge on any atom is -0.367 e. The van der Waals surface area contributed by atoms with Crippen LogP contribution in [-0.2, 0) is 17.1 Å². The zero-order valence-corrected chi connectivity index (χ0v) is 5.56. The molecule has 0 aromatic carbocycles. The predicted molar refractivity (Wildman–Crippen MR) is 27.3 cm³/mol. The van der Waals surface area contributed by atoms with Gasteiger partial charge in [-0.05, 0) is 0 Å². The molecule has 0 fully saturated rings. The first-order chi connectivity index (χ1) is 3.80. The van der Waals surface area contributed by atoms with Crippen LogP contribution in [0.3, 0.4) is 0 Å². The molecule has 1 unspecified atom stereocenters. The number of hydrogen-bond donors (Lipinski definition) is 2. The number of hydroxylamine groups is 2. The van der Waals surface area contributed by atoms with Crippen molar-refractivity contribution >= 4 is 6.21 Å². The van der Waals surface area contributed by atoms with Gasteiger partial charge in [0, 0.05) is 29.5 Å². The summed E-state index contributed by atoms with van der Waals surface area (Å²) in [5.41, 5.74) is 0. The molecule has 0 radical (unpaired) electrons. The molecule has 0 aliphatic carbocycles. The van der Waals surface area contributed by atoms with Crippen molar-refractivity contribution in [2.45, 2.75) is 6.23 Å². The zero-order valence-electron chi connectivity index (χ0n) is 4.45. The molecule has 0 bridgehead atoms. The van der Waals surface area contributed by atoms with Gasteiger partial charge >= 0.3 is 0 Å². The van der Waals surface area contributed by atoms with Gasteiger partial charge in [-0.25, -0.2) is 5.06 Å². The Bertz CT molecular complexity index is 121. The van der Waals surface area contributed by atoms with Crippen molar-refractivity contribution in [3.63, 3.8) is 0 Å². The topological polar surface area (TPSA) is 56.1 Å². The maximum Gasteiger partial charge on any atom is 0.186 e. The second kappa shape index (κ2) is 3.63. The number of nitrogens with zero attached hydrogens (tertiary/aromatic N) is 2. The molecule has 4 nitrogen and oxygen atoms in total. The molecule has 0 aromatic heterocycles. The third-order valence-corrected chi connectivity index (χ3v) is 0.796. The standard InChI is InChI=1S/C4H6N2O2.Fe/c7-4-3-5-1-2-6(4)8;/h1-4,7-8H;. The molecule has 1 aliphatic rings. The zero-order chi connectivity index (χ0) is 5.98. The van der Waals surface area contributed by atoms with Gasteiger partial charge in [0.05, 0.1) is 6.21 Å². The fourth-order valence-electron chi connectivity index (χ4n) is 0.390. The van der Waals surface area contributed by atoms with Crippen LogP contribution in [0.15, 0.2) is 17.4 Å². The molecule has 52 valence electrons. The first-order valence-corrected chi connectivity index (χ1v) is 2.16. The summed E-state index contributed by atoms with van der Waals surface area (Å²) in [5, 5.41) is 17.9. The average Bonchev–Trinajstić information content (AvgIpc) is 1.77. The van der Waals surface area contributed by atoms with Crippen molar-refractivity contribution in [1.29, 1.82) is 0 Å². The molecule has 0 aromatic rings. The summed E-state index contributed by atoms with van der Waals surface area (Å²) in [4.78, 5) is 3.55. The minimum atomic E-state index is -0.986. The van der Waals surface area contributed by atoms with Gasteiger partial charge in [-0.1, -0.05) is 0 Å². The van der Waals surface area contributed by atoms with Crippen LogP contribution >= 0.6 is 0 Å². The number of aliphatic hydroxyl groups excluding tert-OH is 1. The van der Waals surface area contributed by atoms with Gasteiger partial charge in [-0.3, -0.25) is 10.2 Å². The molecular formula is C4H6FeN2O2. The van der Waals surface area contributed by atoms with E-state index in [2.05, 4.69) is 4.99 Å². The first-order valence-electron chi connectivity index (χ1n) is 2.16. The quantitative estimate of drug-likeness (QED) is 0.484. The molecule has 1 aliphatic heterocycles. The Balaban J connectivity index is 0.000000640. The fourth-order valence-corrected chi connectivity index (χ4v) is 0.390. The normalized spacial score (nSPS) is 23.8. The van der Waals surface area contributed by atoms with E-state index in [9.17, 15) is 0 Å². The van der Waals surface area contributed by atoms with E-state index in [0.717, 1.165) is 0 Å². The van der Waals surface area contributed by atoms with E-state index in [1.807, 2.05) is 0 Å². The van der Waals surface area contributed by atoms with Crippen LogP contribution in [0.2, 0.25) is 0 Å². The Hall–Kier alpha value is -0.351. The summed E-state index contributed by atoms with van der Waals surface area (Å²) in [6.07, 6.45) is 2.89. The number of aliphatic imine (C=N–C) groups is 1. The maximum atomic E-state index is 8.65. The van der Waals surface area contributed by atoms with Crippen LogP contribution in [0.25, 0.3) is 0 Å². The average molecular weight is 170 g/mol. The van der Waals surface area contributed by atoms with E-state index >= 15 is 0 Å². The van der Waals surface area contributed by atoms with Gasteiger partial charge in [-0.2, -0.15) is 0 Å². The van der Waals surface area contributed by atoms with Crippen molar-refractivity contribution in [3.8, 4) is 0 Å². The molecule has 0 amide bonds. The van der Waals surface area contributed by atoms with Gasteiger partial charge in [0.25, 0.3) is 0 Å². The second-order valence-electron chi connectivity index (χ2n) is 1.39. The molecule has 1 heterocycles. The molecule has 1 atom stereocenters. The van der Waals surface area contributed by atoms with Crippen LogP contribution in [0.1, 0.15) is 0 Å². The fraction of sp³-hybridized carbons (Fsp3) is 0.250. The molecule has 1 rings (SSSR count). The van der Waals surface area contributed by atoms with Gasteiger partial charge in [0.1, 0.15) is 0 Å². The summed E-state index contributed by atoms with van der Waals surface area (Å²) in [7, 11) is 0. The maximum absolute atomic E-state index is 8.65. The van der Waals surface area contributed by atoms with Crippen molar-refractivity contribution in [2.24, 2.45) is 4.99 Å². The molecule has 0 saturated heterocycles. The van der Waals surface area contributed by atoms with E-state index in [4.69, 9.17) is 10.3 Å². The molecule has 5 heteroatoms. The van der Waals surface area contributed by atoms with E-state index < -0.39 is 6.23 Å². The van der Waals surface area contributed by atoms with Gasteiger partial charge in [0.15, 0.2) is 6.23 Å². The van der Waals surface area contributed by atoms with Gasteiger partial charge < -0.3 is 5.11 Å². The molecule has 2 N–H and O–H groups in total. The minimum absolute atomic E-state index is 0. The molecule has 0 saturated carbocycles. The van der Waals surface area contributed by atoms with Crippen molar-refractivity contribution in [3.05, 3.63) is 12.4 Å². The summed E-state index contributed by atoms with van der Waals surface area (Å²) < 4.78 is 0. The van der Waals surface area contributed by atoms with Crippen LogP contribution in [0, 0.1) is 0 Å². The van der Waals surface area contributed by atoms with E-state index in [0.29, 0.717) is 5.06 Å². The summed E-state index contributed by atoms with van der Waals surface area (Å²) in [5.74, 6) is 0. The SMILES string of the molecule is OC1C=NC=CN1O.[Fe]. The molecule has 0 spiro atoms. The Morgan fingerprint density at radius 2 is 2.22 bits per heavy atom. The number of rotatable bonds is 0. The van der Waals surface area contributed by atoms with Crippen molar-refractivity contribution in [2.75, 3.05) is 0 Å². The summed E-state index contributed by atoms with van der Waals surface area (Å²) in [6, 6.07) is 0. The summed E-state index contributed by atoms with van der Waals surface area (Å²) in [6.45, 7) is 0. The van der Waals surface area contributed by atoms with Crippen molar-refractivity contribution in [1.82, 2.24) is 5.06 Å².